The lowest BCUT2D eigenvalue weighted by molar-refractivity contribution is 0.267. The van der Waals surface area contributed by atoms with Crippen LogP contribution in [-0.2, 0) is 13.1 Å². The van der Waals surface area contributed by atoms with E-state index in [1.54, 1.807) is 6.20 Å². The van der Waals surface area contributed by atoms with Gasteiger partial charge in [-0.25, -0.2) is 4.68 Å². The van der Waals surface area contributed by atoms with Crippen molar-refractivity contribution in [2.45, 2.75) is 26.9 Å². The number of hydrogen-bond donors (Lipinski definition) is 0. The molecular formula is C23H24N4O. The predicted octanol–water partition coefficient (Wildman–Crippen LogP) is 4.78. The predicted molar refractivity (Wildman–Crippen MR) is 110 cm³/mol. The maximum atomic E-state index is 5.25. The summed E-state index contributed by atoms with van der Waals surface area (Å²) in [6, 6.07) is 18.7. The average molecular weight is 372 g/mol. The van der Waals surface area contributed by atoms with Crippen molar-refractivity contribution in [1.82, 2.24) is 19.8 Å². The molecule has 0 aliphatic rings. The highest BCUT2D eigenvalue weighted by Crippen LogP contribution is 2.26. The molecule has 28 heavy (non-hydrogen) atoms. The van der Waals surface area contributed by atoms with Crippen LogP contribution in [0, 0.1) is 13.8 Å². The minimum atomic E-state index is 0.697. The van der Waals surface area contributed by atoms with Crippen LogP contribution in [0.5, 0.6) is 0 Å². The largest absolute Gasteiger partial charge is 0.360 e. The Morgan fingerprint density at radius 3 is 2.57 bits per heavy atom. The molecule has 2 aromatic heterocycles. The van der Waals surface area contributed by atoms with E-state index < -0.39 is 0 Å². The van der Waals surface area contributed by atoms with Gasteiger partial charge in [0.15, 0.2) is 5.76 Å². The van der Waals surface area contributed by atoms with E-state index in [1.165, 1.54) is 16.7 Å². The van der Waals surface area contributed by atoms with Gasteiger partial charge in [-0.1, -0.05) is 47.6 Å². The summed E-state index contributed by atoms with van der Waals surface area (Å²) in [5, 5.41) is 8.75. The molecule has 142 valence electrons. The van der Waals surface area contributed by atoms with E-state index in [0.29, 0.717) is 6.54 Å². The Kier molecular flexibility index (Phi) is 5.08. The molecule has 2 aromatic carbocycles. The van der Waals surface area contributed by atoms with Crippen LogP contribution in [0.1, 0.15) is 22.5 Å². The van der Waals surface area contributed by atoms with Gasteiger partial charge in [-0.2, -0.15) is 5.10 Å². The highest BCUT2D eigenvalue weighted by Gasteiger charge is 2.15. The lowest BCUT2D eigenvalue weighted by Gasteiger charge is -2.14. The Morgan fingerprint density at radius 1 is 1.00 bits per heavy atom. The first kappa shape index (κ1) is 18.2. The lowest BCUT2D eigenvalue weighted by atomic mass is 10.1. The number of hydrogen-bond acceptors (Lipinski definition) is 4. The zero-order valence-corrected chi connectivity index (χ0v) is 16.5. The quantitative estimate of drug-likeness (QED) is 0.489. The Balaban J connectivity index is 1.71. The Bertz CT molecular complexity index is 1050. The van der Waals surface area contributed by atoms with Crippen LogP contribution in [0.2, 0.25) is 0 Å². The number of rotatable bonds is 6. The highest BCUT2D eigenvalue weighted by molar-refractivity contribution is 5.63. The van der Waals surface area contributed by atoms with Crippen molar-refractivity contribution in [3.05, 3.63) is 89.4 Å². The zero-order valence-electron chi connectivity index (χ0n) is 16.5. The topological polar surface area (TPSA) is 47.1 Å². The van der Waals surface area contributed by atoms with Crippen LogP contribution >= 0.6 is 0 Å². The molecule has 0 aliphatic heterocycles. The third-order valence-corrected chi connectivity index (χ3v) is 4.81. The third-order valence-electron chi connectivity index (χ3n) is 4.81. The molecule has 5 heteroatoms. The van der Waals surface area contributed by atoms with E-state index in [2.05, 4.69) is 67.5 Å². The first-order valence-electron chi connectivity index (χ1n) is 9.40. The third kappa shape index (κ3) is 3.89. The maximum absolute atomic E-state index is 5.25. The summed E-state index contributed by atoms with van der Waals surface area (Å²) in [5.74, 6) is 0.852. The SMILES string of the molecule is Cc1ccc(C)c(-n2cc(CN(C)Cc3ccno3)c(-c3ccccc3)n2)c1. The second-order valence-electron chi connectivity index (χ2n) is 7.25. The van der Waals surface area contributed by atoms with Crippen molar-refractivity contribution in [3.8, 4) is 16.9 Å². The van der Waals surface area contributed by atoms with E-state index in [9.17, 15) is 0 Å². The molecule has 0 spiro atoms. The van der Waals surface area contributed by atoms with Crippen LogP contribution in [-0.4, -0.2) is 26.9 Å². The van der Waals surface area contributed by atoms with E-state index in [4.69, 9.17) is 9.62 Å². The molecular weight excluding hydrogens is 348 g/mol. The molecule has 0 unspecified atom stereocenters. The molecule has 5 nitrogen and oxygen atoms in total. The van der Waals surface area contributed by atoms with Crippen LogP contribution < -0.4 is 0 Å². The van der Waals surface area contributed by atoms with Gasteiger partial charge in [-0.05, 0) is 38.1 Å². The van der Waals surface area contributed by atoms with E-state index >= 15 is 0 Å². The van der Waals surface area contributed by atoms with E-state index in [-0.39, 0.29) is 0 Å². The van der Waals surface area contributed by atoms with Crippen LogP contribution in [0.15, 0.2) is 71.5 Å². The molecule has 0 fully saturated rings. The Labute approximate surface area is 165 Å². The molecule has 0 aliphatic carbocycles. The van der Waals surface area contributed by atoms with Crippen molar-refractivity contribution in [1.29, 1.82) is 0 Å². The summed E-state index contributed by atoms with van der Waals surface area (Å²) < 4.78 is 7.25. The number of aryl methyl sites for hydroxylation is 2. The molecule has 0 saturated heterocycles. The number of nitrogens with zero attached hydrogens (tertiary/aromatic N) is 4. The zero-order chi connectivity index (χ0) is 19.5. The summed E-state index contributed by atoms with van der Waals surface area (Å²) in [6.45, 7) is 5.68. The van der Waals surface area contributed by atoms with Crippen LogP contribution in [0.3, 0.4) is 0 Å². The van der Waals surface area contributed by atoms with Crippen molar-refractivity contribution < 1.29 is 4.52 Å². The number of aromatic nitrogens is 3. The van der Waals surface area contributed by atoms with Gasteiger partial charge in [0.1, 0.15) is 0 Å². The van der Waals surface area contributed by atoms with Crippen LogP contribution in [0.25, 0.3) is 16.9 Å². The highest BCUT2D eigenvalue weighted by atomic mass is 16.5. The van der Waals surface area contributed by atoms with Gasteiger partial charge in [-0.15, -0.1) is 0 Å². The summed E-state index contributed by atoms with van der Waals surface area (Å²) in [6.07, 6.45) is 3.82. The molecule has 0 bridgehead atoms. The molecule has 4 aromatic rings. The molecule has 4 rings (SSSR count). The Hall–Kier alpha value is -3.18. The molecule has 0 amide bonds. The molecule has 0 saturated carbocycles. The van der Waals surface area contributed by atoms with Crippen LogP contribution in [0.4, 0.5) is 0 Å². The second-order valence-corrected chi connectivity index (χ2v) is 7.25. The Morgan fingerprint density at radius 2 is 1.82 bits per heavy atom. The smallest absolute Gasteiger partial charge is 0.150 e. The van der Waals surface area contributed by atoms with E-state index in [1.807, 2.05) is 28.9 Å². The lowest BCUT2D eigenvalue weighted by Crippen LogP contribution is -2.17. The van der Waals surface area contributed by atoms with Gasteiger partial charge in [0.2, 0.25) is 0 Å². The monoisotopic (exact) mass is 372 g/mol. The maximum Gasteiger partial charge on any atom is 0.150 e. The molecule has 0 radical (unpaired) electrons. The first-order valence-corrected chi connectivity index (χ1v) is 9.40. The summed E-state index contributed by atoms with van der Waals surface area (Å²) in [4.78, 5) is 2.21. The van der Waals surface area contributed by atoms with Crippen molar-refractivity contribution in [3.63, 3.8) is 0 Å². The standard InChI is InChI=1S/C23H24N4O/c1-17-9-10-18(2)22(13-17)27-15-20(14-26(3)16-21-11-12-24-28-21)23(25-27)19-7-5-4-6-8-19/h4-13,15H,14,16H2,1-3H3. The number of benzene rings is 2. The van der Waals surface area contributed by atoms with Crippen molar-refractivity contribution in [2.24, 2.45) is 0 Å². The average Bonchev–Trinajstić information content (AvgIpc) is 3.34. The molecule has 0 N–H and O–H groups in total. The summed E-state index contributed by atoms with van der Waals surface area (Å²) in [7, 11) is 2.08. The van der Waals surface area contributed by atoms with Gasteiger partial charge >= 0.3 is 0 Å². The minimum Gasteiger partial charge on any atom is -0.360 e. The van der Waals surface area contributed by atoms with Gasteiger partial charge < -0.3 is 4.52 Å². The summed E-state index contributed by atoms with van der Waals surface area (Å²) in [5.41, 5.74) is 6.84. The van der Waals surface area contributed by atoms with Crippen molar-refractivity contribution in [2.75, 3.05) is 7.05 Å². The second kappa shape index (κ2) is 7.82. The minimum absolute atomic E-state index is 0.697. The van der Waals surface area contributed by atoms with Gasteiger partial charge in [0.05, 0.1) is 24.1 Å². The van der Waals surface area contributed by atoms with E-state index in [0.717, 1.165) is 29.2 Å². The fourth-order valence-electron chi connectivity index (χ4n) is 3.39. The van der Waals surface area contributed by atoms with Gasteiger partial charge in [-0.3, -0.25) is 4.90 Å². The molecule has 0 atom stereocenters. The normalized spacial score (nSPS) is 11.3. The van der Waals surface area contributed by atoms with Crippen molar-refractivity contribution >= 4 is 0 Å². The van der Waals surface area contributed by atoms with Gasteiger partial charge in [0, 0.05) is 29.9 Å². The summed E-state index contributed by atoms with van der Waals surface area (Å²) >= 11 is 0. The fraction of sp³-hybridized carbons (Fsp3) is 0.217. The first-order chi connectivity index (χ1) is 13.6. The van der Waals surface area contributed by atoms with Gasteiger partial charge in [0.25, 0.3) is 0 Å². The molecule has 2 heterocycles. The fourth-order valence-corrected chi connectivity index (χ4v) is 3.39.